The zero-order chi connectivity index (χ0) is 17.6. The lowest BCUT2D eigenvalue weighted by atomic mass is 10.1. The van der Waals surface area contributed by atoms with Gasteiger partial charge in [0.25, 0.3) is 0 Å². The molecule has 1 aliphatic heterocycles. The van der Waals surface area contributed by atoms with Gasteiger partial charge in [-0.3, -0.25) is 0 Å². The summed E-state index contributed by atoms with van der Waals surface area (Å²) in [5, 5.41) is 8.02. The summed E-state index contributed by atoms with van der Waals surface area (Å²) in [5.41, 5.74) is 3.35. The molecule has 1 atom stereocenters. The maximum absolute atomic E-state index is 6.18. The highest BCUT2D eigenvalue weighted by Gasteiger charge is 2.27. The fraction of sp³-hybridized carbons (Fsp3) is 0.350. The van der Waals surface area contributed by atoms with E-state index in [0.717, 1.165) is 22.8 Å². The number of aryl methyl sites for hydroxylation is 1. The van der Waals surface area contributed by atoms with E-state index in [4.69, 9.17) is 23.8 Å². The Kier molecular flexibility index (Phi) is 6.29. The van der Waals surface area contributed by atoms with Crippen LogP contribution in [0.1, 0.15) is 30.0 Å². The number of thiocarbonyl (C=S) groups is 1. The Morgan fingerprint density at radius 3 is 2.56 bits per heavy atom. The minimum absolute atomic E-state index is 0.421. The van der Waals surface area contributed by atoms with Crippen molar-refractivity contribution in [2.45, 2.75) is 25.8 Å². The zero-order valence-electron chi connectivity index (χ0n) is 14.5. The van der Waals surface area contributed by atoms with E-state index in [1.54, 1.807) is 4.90 Å². The summed E-state index contributed by atoms with van der Waals surface area (Å²) in [5.74, 6) is 0. The first kappa shape index (κ1) is 18.2. The molecule has 25 heavy (non-hydrogen) atoms. The molecule has 3 nitrogen and oxygen atoms in total. The number of anilines is 1. The molecule has 132 valence electrons. The highest BCUT2D eigenvalue weighted by molar-refractivity contribution is 7.80. The molecule has 0 unspecified atom stereocenters. The van der Waals surface area contributed by atoms with Crippen LogP contribution in [0.4, 0.5) is 5.69 Å². The smallest absolute Gasteiger partial charge is 0.171 e. The number of quaternary nitrogens is 1. The second-order valence-corrected chi connectivity index (χ2v) is 7.44. The van der Waals surface area contributed by atoms with E-state index in [1.165, 1.54) is 31.5 Å². The molecule has 1 heterocycles. The van der Waals surface area contributed by atoms with Gasteiger partial charge in [-0.15, -0.1) is 0 Å². The normalized spacial score (nSPS) is 15.8. The van der Waals surface area contributed by atoms with Crippen LogP contribution in [0.15, 0.2) is 48.5 Å². The maximum atomic E-state index is 6.18. The third-order valence-corrected chi connectivity index (χ3v) is 5.49. The second-order valence-electron chi connectivity index (χ2n) is 6.63. The van der Waals surface area contributed by atoms with E-state index in [9.17, 15) is 0 Å². The van der Waals surface area contributed by atoms with Gasteiger partial charge in [0.1, 0.15) is 6.04 Å². The molecule has 0 aliphatic carbocycles. The topological polar surface area (TPSA) is 28.5 Å². The quantitative estimate of drug-likeness (QED) is 0.701. The molecule has 1 fully saturated rings. The van der Waals surface area contributed by atoms with Crippen molar-refractivity contribution in [3.8, 4) is 0 Å². The molecule has 0 bridgehead atoms. The zero-order valence-corrected chi connectivity index (χ0v) is 16.1. The minimum atomic E-state index is 0.421. The van der Waals surface area contributed by atoms with Crippen LogP contribution in [-0.2, 0) is 0 Å². The average molecular weight is 375 g/mol. The Balaban J connectivity index is 1.62. The first-order chi connectivity index (χ1) is 12.1. The summed E-state index contributed by atoms with van der Waals surface area (Å²) in [7, 11) is 0. The Bertz CT molecular complexity index is 714. The van der Waals surface area contributed by atoms with Crippen molar-refractivity contribution in [3.05, 3.63) is 64.7 Å². The van der Waals surface area contributed by atoms with Crippen LogP contribution < -0.4 is 15.5 Å². The largest absolute Gasteiger partial charge is 0.356 e. The van der Waals surface area contributed by atoms with E-state index >= 15 is 0 Å². The predicted molar refractivity (Wildman–Crippen MR) is 110 cm³/mol. The number of benzene rings is 2. The molecule has 3 N–H and O–H groups in total. The van der Waals surface area contributed by atoms with E-state index in [2.05, 4.69) is 41.0 Å². The second kappa shape index (κ2) is 8.65. The first-order valence-corrected chi connectivity index (χ1v) is 9.62. The monoisotopic (exact) mass is 374 g/mol. The van der Waals surface area contributed by atoms with Gasteiger partial charge < -0.3 is 15.5 Å². The Labute approximate surface area is 160 Å². The fourth-order valence-corrected chi connectivity index (χ4v) is 3.78. The van der Waals surface area contributed by atoms with Crippen LogP contribution in [0.3, 0.4) is 0 Å². The number of hydrogen-bond donors (Lipinski definition) is 3. The van der Waals surface area contributed by atoms with Gasteiger partial charge in [-0.05, 0) is 36.8 Å². The molecule has 1 saturated heterocycles. The van der Waals surface area contributed by atoms with E-state index in [-0.39, 0.29) is 0 Å². The number of halogens is 1. The third kappa shape index (κ3) is 4.94. The lowest BCUT2D eigenvalue weighted by Gasteiger charge is -2.26. The van der Waals surface area contributed by atoms with Crippen LogP contribution in [0.25, 0.3) is 0 Å². The molecule has 0 saturated carbocycles. The molecule has 0 aromatic heterocycles. The number of hydrogen-bond acceptors (Lipinski definition) is 1. The lowest BCUT2D eigenvalue weighted by molar-refractivity contribution is -0.918. The molecule has 3 rings (SSSR count). The van der Waals surface area contributed by atoms with Crippen molar-refractivity contribution < 1.29 is 4.90 Å². The standard InChI is InChI=1S/C20H24ClN3S/c1-15-9-10-17(13-18(15)21)23-20(25)22-14-19(24-11-5-6-12-24)16-7-3-2-4-8-16/h2-4,7-10,13,19H,5-6,11-12,14H2,1H3,(H2,22,23,25)/p+1/t19-/m0/s1. The van der Waals surface area contributed by atoms with Gasteiger partial charge >= 0.3 is 0 Å². The van der Waals surface area contributed by atoms with Crippen LogP contribution >= 0.6 is 23.8 Å². The molecule has 0 spiro atoms. The summed E-state index contributed by atoms with van der Waals surface area (Å²) in [6.07, 6.45) is 2.62. The summed E-state index contributed by atoms with van der Waals surface area (Å²) in [6, 6.07) is 17.0. The van der Waals surface area contributed by atoms with Crippen LogP contribution in [0, 0.1) is 6.92 Å². The van der Waals surface area contributed by atoms with Gasteiger partial charge in [0.2, 0.25) is 0 Å². The molecule has 2 aromatic rings. The van der Waals surface area contributed by atoms with Crippen molar-refractivity contribution in [1.82, 2.24) is 5.32 Å². The van der Waals surface area contributed by atoms with Gasteiger partial charge in [-0.25, -0.2) is 0 Å². The van der Waals surface area contributed by atoms with Gasteiger partial charge in [0, 0.05) is 29.1 Å². The van der Waals surface area contributed by atoms with Crippen molar-refractivity contribution >= 4 is 34.6 Å². The minimum Gasteiger partial charge on any atom is -0.356 e. The molecular weight excluding hydrogens is 350 g/mol. The first-order valence-electron chi connectivity index (χ1n) is 8.84. The molecule has 0 radical (unpaired) electrons. The molecular formula is C20H25ClN3S+. The SMILES string of the molecule is Cc1ccc(NC(=S)NC[C@@H](c2ccccc2)[NH+]2CCCC2)cc1Cl. The average Bonchev–Trinajstić information content (AvgIpc) is 3.14. The molecule has 1 aliphatic rings. The Hall–Kier alpha value is -1.62. The maximum Gasteiger partial charge on any atom is 0.171 e. The summed E-state index contributed by atoms with van der Waals surface area (Å²) in [6.45, 7) is 5.28. The summed E-state index contributed by atoms with van der Waals surface area (Å²) >= 11 is 11.7. The van der Waals surface area contributed by atoms with Gasteiger partial charge in [-0.2, -0.15) is 0 Å². The van der Waals surface area contributed by atoms with Crippen LogP contribution in [-0.4, -0.2) is 24.7 Å². The van der Waals surface area contributed by atoms with Crippen LogP contribution in [0.5, 0.6) is 0 Å². The summed E-state index contributed by atoms with van der Waals surface area (Å²) < 4.78 is 0. The predicted octanol–water partition coefficient (Wildman–Crippen LogP) is 3.35. The van der Waals surface area contributed by atoms with Crippen LogP contribution in [0.2, 0.25) is 5.02 Å². The lowest BCUT2D eigenvalue weighted by Crippen LogP contribution is -3.11. The van der Waals surface area contributed by atoms with Gasteiger partial charge in [0.05, 0.1) is 19.6 Å². The fourth-order valence-electron chi connectivity index (χ4n) is 3.40. The van der Waals surface area contributed by atoms with E-state index in [1.807, 2.05) is 25.1 Å². The number of nitrogens with one attached hydrogen (secondary N) is 3. The third-order valence-electron chi connectivity index (χ3n) is 4.84. The highest BCUT2D eigenvalue weighted by Crippen LogP contribution is 2.20. The molecule has 2 aromatic carbocycles. The van der Waals surface area contributed by atoms with Crippen molar-refractivity contribution in [1.29, 1.82) is 0 Å². The molecule has 5 heteroatoms. The number of likely N-dealkylation sites (tertiary alicyclic amines) is 1. The van der Waals surface area contributed by atoms with Crippen molar-refractivity contribution in [2.24, 2.45) is 0 Å². The van der Waals surface area contributed by atoms with E-state index in [0.29, 0.717) is 11.2 Å². The van der Waals surface area contributed by atoms with Gasteiger partial charge in [0.15, 0.2) is 5.11 Å². The Morgan fingerprint density at radius 1 is 1.16 bits per heavy atom. The van der Waals surface area contributed by atoms with Gasteiger partial charge in [-0.1, -0.05) is 48.0 Å². The van der Waals surface area contributed by atoms with Crippen molar-refractivity contribution in [3.63, 3.8) is 0 Å². The van der Waals surface area contributed by atoms with Crippen molar-refractivity contribution in [2.75, 3.05) is 25.0 Å². The highest BCUT2D eigenvalue weighted by atomic mass is 35.5. The summed E-state index contributed by atoms with van der Waals surface area (Å²) in [4.78, 5) is 1.64. The van der Waals surface area contributed by atoms with E-state index < -0.39 is 0 Å². The molecule has 0 amide bonds. The Morgan fingerprint density at radius 2 is 1.88 bits per heavy atom. The number of rotatable bonds is 5.